The van der Waals surface area contributed by atoms with E-state index in [-0.39, 0.29) is 5.91 Å². The summed E-state index contributed by atoms with van der Waals surface area (Å²) in [6.07, 6.45) is 0. The van der Waals surface area contributed by atoms with Gasteiger partial charge in [0.05, 0.1) is 6.07 Å². The van der Waals surface area contributed by atoms with Gasteiger partial charge in [0, 0.05) is 20.0 Å². The first kappa shape index (κ1) is 14.1. The topological polar surface area (TPSA) is 64.9 Å². The smallest absolute Gasteiger partial charge is 0.216 e. The van der Waals surface area contributed by atoms with E-state index in [1.165, 1.54) is 13.0 Å². The minimum absolute atomic E-state index is 0.168. The van der Waals surface area contributed by atoms with Gasteiger partial charge in [-0.1, -0.05) is 6.07 Å². The van der Waals surface area contributed by atoms with Gasteiger partial charge >= 0.3 is 0 Å². The number of benzene rings is 1. The van der Waals surface area contributed by atoms with E-state index in [2.05, 4.69) is 10.6 Å². The Hall–Kier alpha value is -2.00. The molecule has 6 heteroatoms. The van der Waals surface area contributed by atoms with Gasteiger partial charge in [0.1, 0.15) is 6.04 Å². The summed E-state index contributed by atoms with van der Waals surface area (Å²) < 4.78 is 25.7. The molecule has 0 aliphatic heterocycles. The lowest BCUT2D eigenvalue weighted by molar-refractivity contribution is -0.118. The molecule has 18 heavy (non-hydrogen) atoms. The number of nitriles is 1. The van der Waals surface area contributed by atoms with Crippen LogP contribution in [0.2, 0.25) is 0 Å². The monoisotopic (exact) mass is 253 g/mol. The third-order valence-electron chi connectivity index (χ3n) is 2.25. The van der Waals surface area contributed by atoms with Crippen LogP contribution in [0.3, 0.4) is 0 Å². The molecular weight excluding hydrogens is 240 g/mol. The lowest BCUT2D eigenvalue weighted by atomic mass is 10.1. The molecule has 2 N–H and O–H groups in total. The maximum atomic E-state index is 13.0. The van der Waals surface area contributed by atoms with Crippen LogP contribution in [0.15, 0.2) is 18.2 Å². The largest absolute Gasteiger partial charge is 0.355 e. The van der Waals surface area contributed by atoms with Gasteiger partial charge in [-0.2, -0.15) is 5.26 Å². The average Bonchev–Trinajstić information content (AvgIpc) is 2.33. The second-order valence-electron chi connectivity index (χ2n) is 3.67. The number of hydrogen-bond acceptors (Lipinski definition) is 3. The summed E-state index contributed by atoms with van der Waals surface area (Å²) in [5.74, 6) is -2.11. The molecule has 0 radical (unpaired) electrons. The normalized spacial score (nSPS) is 11.7. The number of rotatable bonds is 5. The number of nitrogens with zero attached hydrogens (tertiary/aromatic N) is 1. The first-order valence-electron chi connectivity index (χ1n) is 5.37. The van der Waals surface area contributed by atoms with Crippen LogP contribution in [-0.4, -0.2) is 19.0 Å². The number of carbonyl (C=O) groups is 1. The van der Waals surface area contributed by atoms with Gasteiger partial charge in [-0.3, -0.25) is 10.1 Å². The van der Waals surface area contributed by atoms with Gasteiger partial charge in [0.15, 0.2) is 11.6 Å². The molecular formula is C12H13F2N3O. The van der Waals surface area contributed by atoms with Crippen molar-refractivity contribution in [2.75, 3.05) is 13.1 Å². The molecule has 4 nitrogen and oxygen atoms in total. The molecule has 1 atom stereocenters. The van der Waals surface area contributed by atoms with Crippen molar-refractivity contribution in [1.82, 2.24) is 10.6 Å². The molecule has 1 amide bonds. The van der Waals surface area contributed by atoms with Crippen LogP contribution in [0.5, 0.6) is 0 Å². The van der Waals surface area contributed by atoms with Crippen molar-refractivity contribution in [2.45, 2.75) is 13.0 Å². The third kappa shape index (κ3) is 4.11. The Morgan fingerprint density at radius 1 is 1.39 bits per heavy atom. The lowest BCUT2D eigenvalue weighted by Gasteiger charge is -2.12. The Morgan fingerprint density at radius 3 is 2.67 bits per heavy atom. The van der Waals surface area contributed by atoms with Gasteiger partial charge in [-0.25, -0.2) is 8.78 Å². The Labute approximate surface area is 104 Å². The molecule has 0 fully saturated rings. The van der Waals surface area contributed by atoms with Crippen LogP contribution in [0.4, 0.5) is 8.78 Å². The Morgan fingerprint density at radius 2 is 2.11 bits per heavy atom. The highest BCUT2D eigenvalue weighted by molar-refractivity contribution is 5.72. The number of nitrogens with one attached hydrogen (secondary N) is 2. The maximum Gasteiger partial charge on any atom is 0.216 e. The number of carbonyl (C=O) groups excluding carboxylic acids is 1. The predicted molar refractivity (Wildman–Crippen MR) is 61.4 cm³/mol. The van der Waals surface area contributed by atoms with Crippen molar-refractivity contribution < 1.29 is 13.6 Å². The zero-order valence-corrected chi connectivity index (χ0v) is 9.84. The lowest BCUT2D eigenvalue weighted by Crippen LogP contribution is -2.32. The predicted octanol–water partition coefficient (Wildman–Crippen LogP) is 1.26. The summed E-state index contributed by atoms with van der Waals surface area (Å²) in [6, 6.07) is 4.50. The Kier molecular flexibility index (Phi) is 5.21. The van der Waals surface area contributed by atoms with E-state index in [0.717, 1.165) is 12.1 Å². The van der Waals surface area contributed by atoms with Crippen molar-refractivity contribution in [3.05, 3.63) is 35.4 Å². The minimum atomic E-state index is -0.989. The molecule has 1 rings (SSSR count). The molecule has 0 saturated heterocycles. The quantitative estimate of drug-likeness (QED) is 0.776. The number of halogens is 2. The zero-order chi connectivity index (χ0) is 13.5. The van der Waals surface area contributed by atoms with Crippen LogP contribution in [0.25, 0.3) is 0 Å². The first-order chi connectivity index (χ1) is 8.54. The summed E-state index contributed by atoms with van der Waals surface area (Å²) >= 11 is 0. The van der Waals surface area contributed by atoms with Gasteiger partial charge in [-0.15, -0.1) is 0 Å². The van der Waals surface area contributed by atoms with Crippen LogP contribution in [0, 0.1) is 23.0 Å². The van der Waals surface area contributed by atoms with Crippen molar-refractivity contribution >= 4 is 5.91 Å². The van der Waals surface area contributed by atoms with E-state index in [9.17, 15) is 13.6 Å². The fraction of sp³-hybridized carbons (Fsp3) is 0.333. The van der Waals surface area contributed by atoms with Crippen molar-refractivity contribution in [3.8, 4) is 6.07 Å². The minimum Gasteiger partial charge on any atom is -0.355 e. The highest BCUT2D eigenvalue weighted by atomic mass is 19.2. The van der Waals surface area contributed by atoms with E-state index in [0.29, 0.717) is 18.7 Å². The van der Waals surface area contributed by atoms with Gasteiger partial charge in [0.2, 0.25) is 5.91 Å². The van der Waals surface area contributed by atoms with Crippen molar-refractivity contribution in [1.29, 1.82) is 5.26 Å². The molecule has 0 aromatic heterocycles. The molecule has 0 bridgehead atoms. The highest BCUT2D eigenvalue weighted by Gasteiger charge is 2.12. The Bertz CT molecular complexity index is 471. The maximum absolute atomic E-state index is 13.0. The highest BCUT2D eigenvalue weighted by Crippen LogP contribution is 2.15. The molecule has 0 aliphatic rings. The van der Waals surface area contributed by atoms with E-state index in [1.807, 2.05) is 6.07 Å². The fourth-order valence-electron chi connectivity index (χ4n) is 1.39. The van der Waals surface area contributed by atoms with Crippen LogP contribution in [-0.2, 0) is 4.79 Å². The molecule has 0 heterocycles. The van der Waals surface area contributed by atoms with E-state index >= 15 is 0 Å². The molecule has 96 valence electrons. The van der Waals surface area contributed by atoms with Crippen LogP contribution in [0.1, 0.15) is 18.5 Å². The van der Waals surface area contributed by atoms with E-state index in [4.69, 9.17) is 5.26 Å². The summed E-state index contributed by atoms with van der Waals surface area (Å²) in [5, 5.41) is 14.3. The number of hydrogen-bond donors (Lipinski definition) is 2. The van der Waals surface area contributed by atoms with Gasteiger partial charge < -0.3 is 5.32 Å². The summed E-state index contributed by atoms with van der Waals surface area (Å²) in [6.45, 7) is 2.10. The van der Waals surface area contributed by atoms with E-state index < -0.39 is 17.7 Å². The molecule has 1 aromatic rings. The Balaban J connectivity index is 2.58. The van der Waals surface area contributed by atoms with Gasteiger partial charge in [-0.05, 0) is 17.7 Å². The number of amides is 1. The summed E-state index contributed by atoms with van der Waals surface area (Å²) in [4.78, 5) is 10.6. The first-order valence-corrected chi connectivity index (χ1v) is 5.37. The summed E-state index contributed by atoms with van der Waals surface area (Å²) in [5.41, 5.74) is 0.347. The molecule has 1 aromatic carbocycles. The summed E-state index contributed by atoms with van der Waals surface area (Å²) in [7, 11) is 0. The molecule has 1 unspecified atom stereocenters. The SMILES string of the molecule is CC(=O)NCCNC(C#N)c1ccc(F)c(F)c1. The van der Waals surface area contributed by atoms with Crippen molar-refractivity contribution in [2.24, 2.45) is 0 Å². The molecule has 0 aliphatic carbocycles. The van der Waals surface area contributed by atoms with Gasteiger partial charge in [0.25, 0.3) is 0 Å². The van der Waals surface area contributed by atoms with Crippen LogP contribution >= 0.6 is 0 Å². The second kappa shape index (κ2) is 6.67. The molecule has 0 spiro atoms. The van der Waals surface area contributed by atoms with Crippen molar-refractivity contribution in [3.63, 3.8) is 0 Å². The van der Waals surface area contributed by atoms with E-state index in [1.54, 1.807) is 0 Å². The molecule has 0 saturated carbocycles. The second-order valence-corrected chi connectivity index (χ2v) is 3.67. The average molecular weight is 253 g/mol. The third-order valence-corrected chi connectivity index (χ3v) is 2.25. The van der Waals surface area contributed by atoms with Crippen LogP contribution < -0.4 is 10.6 Å². The zero-order valence-electron chi connectivity index (χ0n) is 9.84. The standard InChI is InChI=1S/C12H13F2N3O/c1-8(18)16-4-5-17-12(7-15)9-2-3-10(13)11(14)6-9/h2-3,6,12,17H,4-5H2,1H3,(H,16,18). The fourth-order valence-corrected chi connectivity index (χ4v) is 1.39.